The number of hydrogen-bond acceptors (Lipinski definition) is 4. The molecule has 2 N–H and O–H groups in total. The number of nitrogens with zero attached hydrogens (tertiary/aromatic N) is 5. The Morgan fingerprint density at radius 3 is 2.73 bits per heavy atom. The third-order valence-electron chi connectivity index (χ3n) is 5.24. The maximum absolute atomic E-state index is 12.7. The maximum atomic E-state index is 12.7. The van der Waals surface area contributed by atoms with Crippen molar-refractivity contribution in [3.63, 3.8) is 0 Å². The van der Waals surface area contributed by atoms with Gasteiger partial charge in [0, 0.05) is 39.1 Å². The zero-order chi connectivity index (χ0) is 17.6. The van der Waals surface area contributed by atoms with E-state index < -0.39 is 0 Å². The van der Waals surface area contributed by atoms with Gasteiger partial charge < -0.3 is 15.5 Å². The minimum atomic E-state index is 0. The molecule has 1 saturated heterocycles. The normalized spacial score (nSPS) is 21.4. The van der Waals surface area contributed by atoms with Crippen LogP contribution in [-0.2, 0) is 18.4 Å². The first-order valence-corrected chi connectivity index (χ1v) is 9.26. The van der Waals surface area contributed by atoms with Crippen molar-refractivity contribution in [1.82, 2.24) is 30.3 Å². The number of aryl methyl sites for hydroxylation is 1. The number of aromatic nitrogens is 3. The lowest BCUT2D eigenvalue weighted by molar-refractivity contribution is -0.135. The van der Waals surface area contributed by atoms with Gasteiger partial charge in [-0.3, -0.25) is 14.5 Å². The SMILES string of the molecule is CN=C(NCc1ncnn1C)NC1CCN(C(=O)C2CCCCC2)C1.I. The fourth-order valence-corrected chi connectivity index (χ4v) is 3.72. The number of hydrogen-bond donors (Lipinski definition) is 2. The molecule has 1 aliphatic heterocycles. The van der Waals surface area contributed by atoms with Crippen LogP contribution in [-0.4, -0.2) is 57.7 Å². The summed E-state index contributed by atoms with van der Waals surface area (Å²) in [4.78, 5) is 23.2. The number of aliphatic imine (C=N–C) groups is 1. The fraction of sp³-hybridized carbons (Fsp3) is 0.765. The van der Waals surface area contributed by atoms with Crippen LogP contribution in [0.4, 0.5) is 0 Å². The van der Waals surface area contributed by atoms with Crippen molar-refractivity contribution in [3.05, 3.63) is 12.2 Å². The minimum Gasteiger partial charge on any atom is -0.352 e. The Morgan fingerprint density at radius 2 is 2.08 bits per heavy atom. The van der Waals surface area contributed by atoms with E-state index in [2.05, 4.69) is 25.7 Å². The topological polar surface area (TPSA) is 87.4 Å². The van der Waals surface area contributed by atoms with Crippen molar-refractivity contribution in [2.45, 2.75) is 51.1 Å². The minimum absolute atomic E-state index is 0. The molecule has 1 atom stereocenters. The number of amides is 1. The Hall–Kier alpha value is -1.39. The van der Waals surface area contributed by atoms with Crippen molar-refractivity contribution in [2.75, 3.05) is 20.1 Å². The highest BCUT2D eigenvalue weighted by Crippen LogP contribution is 2.26. The summed E-state index contributed by atoms with van der Waals surface area (Å²) in [5.41, 5.74) is 0. The molecule has 0 aromatic carbocycles. The summed E-state index contributed by atoms with van der Waals surface area (Å²) in [6.45, 7) is 2.17. The van der Waals surface area contributed by atoms with Crippen LogP contribution >= 0.6 is 24.0 Å². The smallest absolute Gasteiger partial charge is 0.225 e. The molecule has 1 saturated carbocycles. The first kappa shape index (κ1) is 20.9. The highest BCUT2D eigenvalue weighted by molar-refractivity contribution is 14.0. The molecule has 2 heterocycles. The first-order chi connectivity index (χ1) is 12.2. The summed E-state index contributed by atoms with van der Waals surface area (Å²) in [5.74, 6) is 2.19. The summed E-state index contributed by atoms with van der Waals surface area (Å²) < 4.78 is 1.74. The van der Waals surface area contributed by atoms with E-state index in [1.807, 2.05) is 11.9 Å². The van der Waals surface area contributed by atoms with E-state index >= 15 is 0 Å². The highest BCUT2D eigenvalue weighted by atomic mass is 127. The Morgan fingerprint density at radius 1 is 1.31 bits per heavy atom. The molecule has 0 radical (unpaired) electrons. The van der Waals surface area contributed by atoms with Crippen molar-refractivity contribution in [1.29, 1.82) is 0 Å². The van der Waals surface area contributed by atoms with Crippen LogP contribution in [0.1, 0.15) is 44.3 Å². The third-order valence-corrected chi connectivity index (χ3v) is 5.24. The van der Waals surface area contributed by atoms with E-state index in [1.54, 1.807) is 18.1 Å². The molecule has 2 aliphatic rings. The van der Waals surface area contributed by atoms with Crippen LogP contribution in [0.25, 0.3) is 0 Å². The lowest BCUT2D eigenvalue weighted by atomic mass is 9.88. The van der Waals surface area contributed by atoms with Gasteiger partial charge in [0.05, 0.1) is 6.54 Å². The molecule has 1 aliphatic carbocycles. The second kappa shape index (κ2) is 10.1. The average Bonchev–Trinajstić information content (AvgIpc) is 3.27. The molecule has 26 heavy (non-hydrogen) atoms. The van der Waals surface area contributed by atoms with Gasteiger partial charge in [-0.05, 0) is 19.3 Å². The van der Waals surface area contributed by atoms with E-state index in [4.69, 9.17) is 0 Å². The Kier molecular flexibility index (Phi) is 8.11. The quantitative estimate of drug-likeness (QED) is 0.389. The summed E-state index contributed by atoms with van der Waals surface area (Å²) in [7, 11) is 3.62. The molecule has 9 heteroatoms. The lowest BCUT2D eigenvalue weighted by Crippen LogP contribution is -2.45. The van der Waals surface area contributed by atoms with Crippen molar-refractivity contribution in [3.8, 4) is 0 Å². The van der Waals surface area contributed by atoms with Gasteiger partial charge in [-0.2, -0.15) is 5.10 Å². The average molecular weight is 475 g/mol. The zero-order valence-electron chi connectivity index (χ0n) is 15.6. The third kappa shape index (κ3) is 5.31. The molecule has 0 spiro atoms. The van der Waals surface area contributed by atoms with E-state index in [-0.39, 0.29) is 35.9 Å². The van der Waals surface area contributed by atoms with Gasteiger partial charge in [0.15, 0.2) is 5.96 Å². The summed E-state index contributed by atoms with van der Waals surface area (Å²) >= 11 is 0. The molecule has 2 fully saturated rings. The molecule has 1 unspecified atom stereocenters. The Bertz CT molecular complexity index is 612. The first-order valence-electron chi connectivity index (χ1n) is 9.26. The van der Waals surface area contributed by atoms with Gasteiger partial charge >= 0.3 is 0 Å². The highest BCUT2D eigenvalue weighted by Gasteiger charge is 2.31. The Balaban J connectivity index is 0.00000243. The van der Waals surface area contributed by atoms with Gasteiger partial charge in [0.2, 0.25) is 5.91 Å². The Labute approximate surface area is 172 Å². The largest absolute Gasteiger partial charge is 0.352 e. The molecule has 1 aromatic heterocycles. The number of halogens is 1. The molecule has 146 valence electrons. The zero-order valence-corrected chi connectivity index (χ0v) is 18.0. The van der Waals surface area contributed by atoms with Gasteiger partial charge in [-0.1, -0.05) is 19.3 Å². The number of likely N-dealkylation sites (tertiary alicyclic amines) is 1. The van der Waals surface area contributed by atoms with Gasteiger partial charge in [0.1, 0.15) is 12.2 Å². The second-order valence-electron chi connectivity index (χ2n) is 6.97. The summed E-state index contributed by atoms with van der Waals surface area (Å²) in [5, 5.41) is 10.7. The van der Waals surface area contributed by atoms with Crippen LogP contribution in [0, 0.1) is 5.92 Å². The van der Waals surface area contributed by atoms with Crippen molar-refractivity contribution < 1.29 is 4.79 Å². The van der Waals surface area contributed by atoms with E-state index in [9.17, 15) is 4.79 Å². The van der Waals surface area contributed by atoms with Crippen LogP contribution in [0.15, 0.2) is 11.3 Å². The fourth-order valence-electron chi connectivity index (χ4n) is 3.72. The molecule has 1 aromatic rings. The molecule has 8 nitrogen and oxygen atoms in total. The van der Waals surface area contributed by atoms with Crippen molar-refractivity contribution >= 4 is 35.8 Å². The number of carbonyl (C=O) groups excluding carboxylic acids is 1. The molecular formula is C17H30IN7O. The number of guanidine groups is 1. The van der Waals surface area contributed by atoms with Crippen LogP contribution in [0.2, 0.25) is 0 Å². The monoisotopic (exact) mass is 475 g/mol. The summed E-state index contributed by atoms with van der Waals surface area (Å²) in [6.07, 6.45) is 8.31. The lowest BCUT2D eigenvalue weighted by Gasteiger charge is -2.26. The number of rotatable bonds is 4. The van der Waals surface area contributed by atoms with Gasteiger partial charge in [0.25, 0.3) is 0 Å². The maximum Gasteiger partial charge on any atom is 0.225 e. The van der Waals surface area contributed by atoms with Gasteiger partial charge in [-0.25, -0.2) is 4.98 Å². The van der Waals surface area contributed by atoms with Crippen LogP contribution < -0.4 is 10.6 Å². The molecule has 3 rings (SSSR count). The van der Waals surface area contributed by atoms with Crippen molar-refractivity contribution in [2.24, 2.45) is 18.0 Å². The van der Waals surface area contributed by atoms with Crippen LogP contribution in [0.5, 0.6) is 0 Å². The number of carbonyl (C=O) groups is 1. The van der Waals surface area contributed by atoms with E-state index in [1.165, 1.54) is 19.3 Å². The predicted molar refractivity (Wildman–Crippen MR) is 111 cm³/mol. The van der Waals surface area contributed by atoms with Gasteiger partial charge in [-0.15, -0.1) is 24.0 Å². The predicted octanol–water partition coefficient (Wildman–Crippen LogP) is 1.28. The van der Waals surface area contributed by atoms with E-state index in [0.29, 0.717) is 12.5 Å². The standard InChI is InChI=1S/C17H29N7O.HI/c1-18-17(19-10-15-20-12-21-23(15)2)22-14-8-9-24(11-14)16(25)13-6-4-3-5-7-13;/h12-14H,3-11H2,1-2H3,(H2,18,19,22);1H. The van der Waals surface area contributed by atoms with E-state index in [0.717, 1.165) is 44.1 Å². The number of nitrogens with one attached hydrogen (secondary N) is 2. The molecular weight excluding hydrogens is 445 g/mol. The molecule has 1 amide bonds. The molecule has 0 bridgehead atoms. The van der Waals surface area contributed by atoms with Crippen LogP contribution in [0.3, 0.4) is 0 Å². The second-order valence-corrected chi connectivity index (χ2v) is 6.97. The summed E-state index contributed by atoms with van der Waals surface area (Å²) in [6, 6.07) is 0.248.